The van der Waals surface area contributed by atoms with Crippen LogP contribution in [0.4, 0.5) is 0 Å². The van der Waals surface area contributed by atoms with Gasteiger partial charge in [0.25, 0.3) is 0 Å². The quantitative estimate of drug-likeness (QED) is 0.816. The van der Waals surface area contributed by atoms with Crippen LogP contribution in [0.5, 0.6) is 0 Å². The van der Waals surface area contributed by atoms with Crippen molar-refractivity contribution in [1.82, 2.24) is 0 Å². The van der Waals surface area contributed by atoms with Crippen LogP contribution in [-0.2, 0) is 9.53 Å². The number of nitrogens with two attached hydrogens (primary N) is 1. The molecule has 0 radical (unpaired) electrons. The predicted molar refractivity (Wildman–Crippen MR) is 94.1 cm³/mol. The Morgan fingerprint density at radius 1 is 1.04 bits per heavy atom. The molecule has 2 atom stereocenters. The summed E-state index contributed by atoms with van der Waals surface area (Å²) in [4.78, 5) is 12.2. The first-order valence-corrected chi connectivity index (χ1v) is 8.12. The Balaban J connectivity index is 2.27. The van der Waals surface area contributed by atoms with Crippen LogP contribution < -0.4 is 5.73 Å². The highest BCUT2D eigenvalue weighted by Gasteiger charge is 2.38. The number of esters is 1. The molecule has 2 rings (SSSR count). The van der Waals surface area contributed by atoms with E-state index in [4.69, 9.17) is 10.5 Å². The van der Waals surface area contributed by atoms with Gasteiger partial charge in [-0.2, -0.15) is 0 Å². The average molecular weight is 311 g/mol. The summed E-state index contributed by atoms with van der Waals surface area (Å²) >= 11 is 0. The topological polar surface area (TPSA) is 52.3 Å². The van der Waals surface area contributed by atoms with Crippen LogP contribution in [0.15, 0.2) is 54.6 Å². The van der Waals surface area contributed by atoms with Gasteiger partial charge in [0.15, 0.2) is 0 Å². The summed E-state index contributed by atoms with van der Waals surface area (Å²) in [6.45, 7) is 5.93. The van der Waals surface area contributed by atoms with E-state index in [1.54, 1.807) is 13.8 Å². The molecule has 0 bridgehead atoms. The van der Waals surface area contributed by atoms with Gasteiger partial charge in [-0.15, -0.1) is 0 Å². The fourth-order valence-electron chi connectivity index (χ4n) is 2.97. The minimum Gasteiger partial charge on any atom is -0.465 e. The molecule has 0 aromatic heterocycles. The van der Waals surface area contributed by atoms with Gasteiger partial charge in [0.2, 0.25) is 0 Å². The zero-order valence-electron chi connectivity index (χ0n) is 14.1. The first-order valence-electron chi connectivity index (χ1n) is 8.12. The van der Waals surface area contributed by atoms with Crippen LogP contribution in [-0.4, -0.2) is 18.1 Å². The molecule has 122 valence electrons. The van der Waals surface area contributed by atoms with Crippen LogP contribution in [0.3, 0.4) is 0 Å². The maximum Gasteiger partial charge on any atom is 0.326 e. The summed E-state index contributed by atoms with van der Waals surface area (Å²) in [5.74, 6) is -0.426. The monoisotopic (exact) mass is 311 g/mol. The highest BCUT2D eigenvalue weighted by molar-refractivity contribution is 5.81. The standard InChI is InChI=1S/C20H25NO2/c1-4-18(20(3,21)19(22)23-5-2)17-13-11-16(12-14-17)15-9-7-6-8-10-15/h6-14,18H,4-5,21H2,1-3H3. The number of rotatable bonds is 6. The fraction of sp³-hybridized carbons (Fsp3) is 0.350. The van der Waals surface area contributed by atoms with Crippen molar-refractivity contribution in [2.75, 3.05) is 6.61 Å². The average Bonchev–Trinajstić information content (AvgIpc) is 2.57. The second-order valence-corrected chi connectivity index (χ2v) is 5.95. The van der Waals surface area contributed by atoms with E-state index < -0.39 is 5.54 Å². The number of hydrogen-bond acceptors (Lipinski definition) is 3. The molecule has 2 aromatic carbocycles. The molecule has 0 spiro atoms. The van der Waals surface area contributed by atoms with E-state index in [1.165, 1.54) is 5.56 Å². The highest BCUT2D eigenvalue weighted by Crippen LogP contribution is 2.32. The Morgan fingerprint density at radius 2 is 1.61 bits per heavy atom. The Labute approximate surface area is 138 Å². The number of ether oxygens (including phenoxy) is 1. The van der Waals surface area contributed by atoms with Crippen LogP contribution in [0.25, 0.3) is 11.1 Å². The summed E-state index contributed by atoms with van der Waals surface area (Å²) in [6, 6.07) is 18.5. The molecule has 2 unspecified atom stereocenters. The van der Waals surface area contributed by atoms with Crippen molar-refractivity contribution in [2.45, 2.75) is 38.6 Å². The van der Waals surface area contributed by atoms with E-state index in [0.717, 1.165) is 17.5 Å². The molecule has 23 heavy (non-hydrogen) atoms. The molecular weight excluding hydrogens is 286 g/mol. The van der Waals surface area contributed by atoms with Crippen molar-refractivity contribution in [1.29, 1.82) is 0 Å². The normalized spacial score (nSPS) is 14.8. The molecule has 0 saturated heterocycles. The van der Waals surface area contributed by atoms with Gasteiger partial charge in [-0.05, 0) is 37.0 Å². The summed E-state index contributed by atoms with van der Waals surface area (Å²) in [5.41, 5.74) is 8.67. The zero-order chi connectivity index (χ0) is 16.9. The van der Waals surface area contributed by atoms with Gasteiger partial charge in [-0.25, -0.2) is 0 Å². The summed E-state index contributed by atoms with van der Waals surface area (Å²) in [5, 5.41) is 0. The van der Waals surface area contributed by atoms with E-state index in [2.05, 4.69) is 36.4 Å². The van der Waals surface area contributed by atoms with Gasteiger partial charge in [-0.1, -0.05) is 61.5 Å². The number of carbonyl (C=O) groups is 1. The second-order valence-electron chi connectivity index (χ2n) is 5.95. The Hall–Kier alpha value is -2.13. The Bertz CT molecular complexity index is 632. The van der Waals surface area contributed by atoms with Gasteiger partial charge in [-0.3, -0.25) is 4.79 Å². The molecule has 0 aliphatic heterocycles. The lowest BCUT2D eigenvalue weighted by Gasteiger charge is -2.31. The molecule has 2 aromatic rings. The molecule has 0 fully saturated rings. The van der Waals surface area contributed by atoms with E-state index in [9.17, 15) is 4.79 Å². The molecule has 0 aliphatic carbocycles. The minimum atomic E-state index is -1.03. The maximum absolute atomic E-state index is 12.2. The van der Waals surface area contributed by atoms with Crippen LogP contribution >= 0.6 is 0 Å². The zero-order valence-corrected chi connectivity index (χ0v) is 14.1. The summed E-state index contributed by atoms with van der Waals surface area (Å²) in [7, 11) is 0. The van der Waals surface area contributed by atoms with Crippen LogP contribution in [0.1, 0.15) is 38.7 Å². The number of benzene rings is 2. The second kappa shape index (κ2) is 7.42. The first-order chi connectivity index (χ1) is 11.0. The van der Waals surface area contributed by atoms with Crippen molar-refractivity contribution >= 4 is 5.97 Å². The van der Waals surface area contributed by atoms with Gasteiger partial charge in [0.1, 0.15) is 5.54 Å². The van der Waals surface area contributed by atoms with Gasteiger partial charge < -0.3 is 10.5 Å². The van der Waals surface area contributed by atoms with E-state index in [-0.39, 0.29) is 11.9 Å². The fourth-order valence-corrected chi connectivity index (χ4v) is 2.97. The molecule has 3 heteroatoms. The van der Waals surface area contributed by atoms with Crippen LogP contribution in [0.2, 0.25) is 0 Å². The van der Waals surface area contributed by atoms with Crippen molar-refractivity contribution < 1.29 is 9.53 Å². The molecular formula is C20H25NO2. The van der Waals surface area contributed by atoms with Crippen molar-refractivity contribution in [3.63, 3.8) is 0 Å². The lowest BCUT2D eigenvalue weighted by molar-refractivity contribution is -0.150. The highest BCUT2D eigenvalue weighted by atomic mass is 16.5. The molecule has 0 saturated carbocycles. The van der Waals surface area contributed by atoms with E-state index in [0.29, 0.717) is 6.61 Å². The van der Waals surface area contributed by atoms with Crippen molar-refractivity contribution in [3.8, 4) is 11.1 Å². The van der Waals surface area contributed by atoms with E-state index >= 15 is 0 Å². The van der Waals surface area contributed by atoms with E-state index in [1.807, 2.05) is 25.1 Å². The Morgan fingerprint density at radius 3 is 2.13 bits per heavy atom. The lowest BCUT2D eigenvalue weighted by Crippen LogP contribution is -2.51. The molecule has 0 aliphatic rings. The van der Waals surface area contributed by atoms with Gasteiger partial charge >= 0.3 is 5.97 Å². The van der Waals surface area contributed by atoms with Crippen LogP contribution in [0, 0.1) is 0 Å². The molecule has 3 nitrogen and oxygen atoms in total. The summed E-state index contributed by atoms with van der Waals surface area (Å²) in [6.07, 6.45) is 0.774. The predicted octanol–water partition coefficient (Wildman–Crippen LogP) is 4.13. The van der Waals surface area contributed by atoms with Gasteiger partial charge in [0.05, 0.1) is 6.61 Å². The molecule has 0 amide bonds. The third kappa shape index (κ3) is 3.80. The Kier molecular flexibility index (Phi) is 5.56. The number of hydrogen-bond donors (Lipinski definition) is 1. The SMILES string of the molecule is CCOC(=O)C(C)(N)C(CC)c1ccc(-c2ccccc2)cc1. The molecule has 0 heterocycles. The number of carbonyl (C=O) groups excluding carboxylic acids is 1. The van der Waals surface area contributed by atoms with Crippen molar-refractivity contribution in [2.24, 2.45) is 5.73 Å². The maximum atomic E-state index is 12.2. The minimum absolute atomic E-state index is 0.0774. The van der Waals surface area contributed by atoms with Gasteiger partial charge in [0, 0.05) is 5.92 Å². The third-order valence-electron chi connectivity index (χ3n) is 4.27. The van der Waals surface area contributed by atoms with Crippen molar-refractivity contribution in [3.05, 3.63) is 60.2 Å². The smallest absolute Gasteiger partial charge is 0.326 e. The lowest BCUT2D eigenvalue weighted by atomic mass is 9.79. The molecule has 2 N–H and O–H groups in total. The third-order valence-corrected chi connectivity index (χ3v) is 4.27. The summed E-state index contributed by atoms with van der Waals surface area (Å²) < 4.78 is 5.14. The largest absolute Gasteiger partial charge is 0.465 e. The first kappa shape index (κ1) is 17.2.